The fourth-order valence-corrected chi connectivity index (χ4v) is 6.68. The van der Waals surface area contributed by atoms with Crippen molar-refractivity contribution < 1.29 is 45.9 Å². The molecule has 0 radical (unpaired) electrons. The number of allylic oxidation sites excluding steroid dienone is 1. The molecule has 1 aromatic carbocycles. The van der Waals surface area contributed by atoms with Crippen LogP contribution in [0, 0.1) is 5.92 Å². The Morgan fingerprint density at radius 1 is 1.30 bits per heavy atom. The molecule has 6 unspecified atom stereocenters. The Labute approximate surface area is 239 Å². The Kier molecular flexibility index (Phi) is 12.4. The number of aliphatic hydroxyl groups is 1. The predicted molar refractivity (Wildman–Crippen MR) is 144 cm³/mol. The smallest absolute Gasteiger partial charge is 0.414 e. The monoisotopic (exact) mass is 619 g/mol. The van der Waals surface area contributed by atoms with Gasteiger partial charge in [0.1, 0.15) is 40.8 Å². The molecule has 10 heteroatoms. The van der Waals surface area contributed by atoms with Crippen molar-refractivity contribution in [2.24, 2.45) is 5.92 Å². The minimum atomic E-state index is -1.05. The number of epoxide rings is 1. The number of carbonyl (C=O) groups excluding carboxylic acids is 2. The summed E-state index contributed by atoms with van der Waals surface area (Å²) in [5, 5.41) is 14.1. The first kappa shape index (κ1) is 32.1. The molecule has 37 heavy (non-hydrogen) atoms. The lowest BCUT2D eigenvalue weighted by Crippen LogP contribution is -3.00. The van der Waals surface area contributed by atoms with Crippen LogP contribution >= 0.6 is 11.6 Å². The normalized spacial score (nSPS) is 30.5. The molecule has 1 aliphatic carbocycles. The number of thiol groups is 1. The van der Waals surface area contributed by atoms with Crippen LogP contribution in [-0.4, -0.2) is 71.1 Å². The first-order valence-electron chi connectivity index (χ1n) is 12.4. The number of halogens is 2. The van der Waals surface area contributed by atoms with Gasteiger partial charge in [0.2, 0.25) is 5.91 Å². The Balaban J connectivity index is 0.00000481. The maximum absolute atomic E-state index is 12.3. The summed E-state index contributed by atoms with van der Waals surface area (Å²) in [5.74, 6) is 0.123. The number of alkyl halides is 1. The van der Waals surface area contributed by atoms with Gasteiger partial charge in [-0.05, 0) is 57.4 Å². The molecule has 0 spiro atoms. The number of nitrogens with one attached hydrogen (secondary N) is 1. The van der Waals surface area contributed by atoms with Crippen molar-refractivity contribution in [3.8, 4) is 0 Å². The molecule has 1 aromatic rings. The maximum atomic E-state index is 12.3. The second-order valence-corrected chi connectivity index (χ2v) is 11.6. The lowest BCUT2D eigenvalue weighted by Gasteiger charge is -2.47. The largest absolute Gasteiger partial charge is 1.00 e. The van der Waals surface area contributed by atoms with Gasteiger partial charge in [0.25, 0.3) is 0 Å². The highest BCUT2D eigenvalue weighted by molar-refractivity contribution is 7.78. The quantitative estimate of drug-likeness (QED) is 0.0939. The van der Waals surface area contributed by atoms with Crippen LogP contribution < -0.4 is 22.3 Å². The van der Waals surface area contributed by atoms with Crippen LogP contribution in [0.1, 0.15) is 45.6 Å². The van der Waals surface area contributed by atoms with Crippen molar-refractivity contribution in [3.63, 3.8) is 0 Å². The van der Waals surface area contributed by atoms with E-state index in [9.17, 15) is 14.7 Å². The fourth-order valence-electron chi connectivity index (χ4n) is 5.29. The van der Waals surface area contributed by atoms with Crippen LogP contribution in [0.25, 0.3) is 0 Å². The fraction of sp³-hybridized carbons (Fsp3) is 0.630. The number of alkyl carbamates (subject to hydrolysis) is 1. The molecule has 7 nitrogen and oxygen atoms in total. The second-order valence-electron chi connectivity index (χ2n) is 10.1. The van der Waals surface area contributed by atoms with E-state index in [-0.39, 0.29) is 29.0 Å². The van der Waals surface area contributed by atoms with E-state index in [1.54, 1.807) is 7.11 Å². The Morgan fingerprint density at radius 3 is 2.62 bits per heavy atom. The number of ether oxygens (including phenoxy) is 3. The summed E-state index contributed by atoms with van der Waals surface area (Å²) in [7, 11) is 1.56. The summed E-state index contributed by atoms with van der Waals surface area (Å²) in [4.78, 5) is 23.8. The molecule has 2 fully saturated rings. The maximum Gasteiger partial charge on any atom is 0.414 e. The highest BCUT2D eigenvalue weighted by atomic mass is 79.9. The number of hydrogen-bond acceptors (Lipinski definition) is 6. The van der Waals surface area contributed by atoms with Gasteiger partial charge in [0.05, 0.1) is 12.0 Å². The molecule has 208 valence electrons. The summed E-state index contributed by atoms with van der Waals surface area (Å²) in [6.07, 6.45) is 2.52. The first-order chi connectivity index (χ1) is 17.1. The Morgan fingerprint density at radius 2 is 2.00 bits per heavy atom. The van der Waals surface area contributed by atoms with Crippen LogP contribution in [0.15, 0.2) is 42.0 Å². The van der Waals surface area contributed by atoms with E-state index in [0.29, 0.717) is 18.6 Å². The number of imide groups is 1. The summed E-state index contributed by atoms with van der Waals surface area (Å²) >= 11 is 6.63. The third-order valence-corrected chi connectivity index (χ3v) is 8.71. The Hall–Kier alpha value is -1.10. The average molecular weight is 621 g/mol. The number of hydrogen-bond donors (Lipinski definition) is 2. The van der Waals surface area contributed by atoms with E-state index in [1.807, 2.05) is 39.0 Å². The third-order valence-electron chi connectivity index (χ3n) is 7.15. The first-order valence-corrected chi connectivity index (χ1v) is 14.2. The number of methoxy groups -OCH3 is 1. The summed E-state index contributed by atoms with van der Waals surface area (Å²) < 4.78 is 17.7. The number of amides is 2. The minimum Gasteiger partial charge on any atom is -1.00 e. The number of aryl methyl sites for hydroxylation is 1. The van der Waals surface area contributed by atoms with Crippen molar-refractivity contribution in [1.29, 1.82) is 0 Å². The van der Waals surface area contributed by atoms with Crippen molar-refractivity contribution in [2.75, 3.05) is 24.5 Å². The van der Waals surface area contributed by atoms with Crippen LogP contribution in [-0.2, 0) is 37.2 Å². The van der Waals surface area contributed by atoms with Crippen molar-refractivity contribution in [2.45, 2.75) is 76.0 Å². The lowest BCUT2D eigenvalue weighted by molar-refractivity contribution is -0.170. The number of benzene rings is 1. The topological polar surface area (TPSA) is 97.4 Å². The summed E-state index contributed by atoms with van der Waals surface area (Å²) in [5.41, 5.74) is 0.810. The van der Waals surface area contributed by atoms with Crippen LogP contribution in [0.2, 0.25) is 0 Å². The standard InChI is InChI=1S/C27H38ClNO6S.BrH/c1-18(2)10-11-21-26(3,35-21)24-23(33-4)20(34-25(31)29-22(30)16-28)12-14-27(24,32)17-36-15-13-19-8-6-5-7-9-19;/h5-10,20-21,23-24,32H,11-17H2,1-4H3,(H,29,30,31);1H. The van der Waals surface area contributed by atoms with Gasteiger partial charge in [-0.15, -0.1) is 11.6 Å². The van der Waals surface area contributed by atoms with Gasteiger partial charge in [-0.25, -0.2) is 4.79 Å². The van der Waals surface area contributed by atoms with Gasteiger partial charge in [-0.2, -0.15) is 0 Å². The molecular weight excluding hydrogens is 582 g/mol. The van der Waals surface area contributed by atoms with E-state index in [4.69, 9.17) is 25.8 Å². The van der Waals surface area contributed by atoms with E-state index < -0.39 is 41.3 Å². The van der Waals surface area contributed by atoms with Crippen molar-refractivity contribution >= 4 is 35.4 Å². The molecule has 1 aliphatic heterocycles. The highest BCUT2D eigenvalue weighted by Crippen LogP contribution is 2.54. The van der Waals surface area contributed by atoms with Gasteiger partial charge < -0.3 is 36.3 Å². The van der Waals surface area contributed by atoms with Gasteiger partial charge in [-0.3, -0.25) is 10.1 Å². The van der Waals surface area contributed by atoms with E-state index in [1.165, 1.54) is 11.1 Å². The van der Waals surface area contributed by atoms with Gasteiger partial charge in [-0.1, -0.05) is 42.0 Å². The van der Waals surface area contributed by atoms with Gasteiger partial charge >= 0.3 is 6.09 Å². The van der Waals surface area contributed by atoms with Crippen molar-refractivity contribution in [1.82, 2.24) is 5.32 Å². The molecule has 0 aromatic heterocycles. The predicted octanol–water partition coefficient (Wildman–Crippen LogP) is 0.578. The number of rotatable bonds is 11. The van der Waals surface area contributed by atoms with Crippen molar-refractivity contribution in [3.05, 3.63) is 47.5 Å². The molecule has 2 N–H and O–H groups in total. The second kappa shape index (κ2) is 14.3. The third kappa shape index (κ3) is 8.44. The summed E-state index contributed by atoms with van der Waals surface area (Å²) in [6.45, 7) is 6.11. The molecule has 2 aliphatic rings. The van der Waals surface area contributed by atoms with Gasteiger partial charge in [0.15, 0.2) is 0 Å². The Bertz CT molecular complexity index is 933. The molecule has 2 amide bonds. The SMILES string of the molecule is COC1C(OC(=O)NC(=O)CCl)CCC(O)(C[SH+]CCc2ccccc2)C1C1(C)OC1CC=C(C)C.[Br-]. The minimum absolute atomic E-state index is 0. The van der Waals surface area contributed by atoms with E-state index >= 15 is 0 Å². The molecule has 1 saturated heterocycles. The van der Waals surface area contributed by atoms with Crippen LogP contribution in [0.5, 0.6) is 0 Å². The van der Waals surface area contributed by atoms with Crippen LogP contribution in [0.3, 0.4) is 0 Å². The molecule has 3 rings (SSSR count). The summed E-state index contributed by atoms with van der Waals surface area (Å²) in [6, 6.07) is 10.3. The lowest BCUT2D eigenvalue weighted by atomic mass is 9.66. The zero-order chi connectivity index (χ0) is 26.3. The highest BCUT2D eigenvalue weighted by Gasteiger charge is 2.68. The van der Waals surface area contributed by atoms with E-state index in [0.717, 1.165) is 30.4 Å². The molecule has 1 saturated carbocycles. The molecular formula is C27H39BrClNO6S. The van der Waals surface area contributed by atoms with E-state index in [2.05, 4.69) is 23.5 Å². The molecule has 6 atom stereocenters. The zero-order valence-corrected chi connectivity index (χ0v) is 25.2. The average Bonchev–Trinajstić information content (AvgIpc) is 3.52. The molecule has 1 heterocycles. The van der Waals surface area contributed by atoms with Gasteiger partial charge in [0, 0.05) is 13.5 Å². The zero-order valence-electron chi connectivity index (χ0n) is 21.9. The molecule has 0 bridgehead atoms. The number of carbonyl (C=O) groups is 2. The van der Waals surface area contributed by atoms with Crippen LogP contribution in [0.4, 0.5) is 4.79 Å².